The third-order valence-electron chi connectivity index (χ3n) is 5.16. The van der Waals surface area contributed by atoms with Crippen LogP contribution in [0.1, 0.15) is 5.56 Å². The summed E-state index contributed by atoms with van der Waals surface area (Å²) in [5.74, 6) is -0.402. The standard InChI is InChI=1S/C24H20ClN3O3S2/c1-32-19-8-2-16(3-9-19)14-21-23(30)28(18-6-4-17(25)5-7-18)24(33-21)20(15-26)22(29)27-10-12-31-13-11-27/h2-9,14H,10-13H2,1H3/b21-14-,24-20-. The molecule has 2 aromatic carbocycles. The average molecular weight is 498 g/mol. The summed E-state index contributed by atoms with van der Waals surface area (Å²) in [7, 11) is 0. The molecule has 1 amide bonds. The number of hydrogen-bond donors (Lipinski definition) is 0. The fourth-order valence-corrected chi connectivity index (χ4v) is 5.07. The Morgan fingerprint density at radius 3 is 2.42 bits per heavy atom. The second-order valence-electron chi connectivity index (χ2n) is 7.20. The molecular formula is C24H20ClN3O3S2. The van der Waals surface area contributed by atoms with Crippen molar-refractivity contribution < 1.29 is 9.53 Å². The Morgan fingerprint density at radius 2 is 1.82 bits per heavy atom. The van der Waals surface area contributed by atoms with Crippen LogP contribution in [0.3, 0.4) is 0 Å². The highest BCUT2D eigenvalue weighted by molar-refractivity contribution is 7.98. The molecule has 0 unspecified atom stereocenters. The van der Waals surface area contributed by atoms with E-state index in [9.17, 15) is 14.9 Å². The SMILES string of the molecule is CSc1ccc(/C=c2\s/c(=C(/C#N)C(=O)N3CCOCC3)n(-c3ccc(Cl)cc3)c2=O)cc1. The molecule has 0 spiro atoms. The lowest BCUT2D eigenvalue weighted by atomic mass is 10.2. The molecule has 1 aromatic heterocycles. The number of amides is 1. The number of carbonyl (C=O) groups is 1. The van der Waals surface area contributed by atoms with Gasteiger partial charge in [0.2, 0.25) is 0 Å². The van der Waals surface area contributed by atoms with Crippen LogP contribution in [0, 0.1) is 11.3 Å². The van der Waals surface area contributed by atoms with Gasteiger partial charge in [0, 0.05) is 23.0 Å². The minimum atomic E-state index is -0.402. The number of halogens is 1. The van der Waals surface area contributed by atoms with E-state index < -0.39 is 5.91 Å². The van der Waals surface area contributed by atoms with Crippen LogP contribution in [0.4, 0.5) is 0 Å². The van der Waals surface area contributed by atoms with Gasteiger partial charge in [-0.15, -0.1) is 23.1 Å². The topological polar surface area (TPSA) is 75.3 Å². The number of ether oxygens (including phenoxy) is 1. The van der Waals surface area contributed by atoms with Crippen LogP contribution >= 0.6 is 34.7 Å². The van der Waals surface area contributed by atoms with Crippen LogP contribution in [0.2, 0.25) is 5.02 Å². The van der Waals surface area contributed by atoms with E-state index >= 15 is 0 Å². The first-order valence-electron chi connectivity index (χ1n) is 10.2. The lowest BCUT2D eigenvalue weighted by Gasteiger charge is -2.26. The zero-order chi connectivity index (χ0) is 23.4. The molecule has 0 N–H and O–H groups in total. The summed E-state index contributed by atoms with van der Waals surface area (Å²) >= 11 is 8.81. The second kappa shape index (κ2) is 10.4. The van der Waals surface area contributed by atoms with Crippen LogP contribution in [-0.2, 0) is 9.53 Å². The van der Waals surface area contributed by atoms with E-state index in [1.54, 1.807) is 47.0 Å². The summed E-state index contributed by atoms with van der Waals surface area (Å²) in [5, 5.41) is 10.5. The Labute approximate surface area is 204 Å². The molecule has 4 rings (SSSR count). The van der Waals surface area contributed by atoms with Gasteiger partial charge < -0.3 is 9.64 Å². The maximum atomic E-state index is 13.5. The first-order chi connectivity index (χ1) is 16.0. The Bertz CT molecular complexity index is 1380. The quantitative estimate of drug-likeness (QED) is 0.518. The number of rotatable bonds is 4. The molecule has 1 aliphatic rings. The van der Waals surface area contributed by atoms with Gasteiger partial charge in [-0.05, 0) is 54.3 Å². The van der Waals surface area contributed by atoms with Gasteiger partial charge in [0.05, 0.1) is 23.4 Å². The first-order valence-corrected chi connectivity index (χ1v) is 12.6. The summed E-state index contributed by atoms with van der Waals surface area (Å²) in [6.07, 6.45) is 3.78. The van der Waals surface area contributed by atoms with Crippen molar-refractivity contribution in [3.05, 3.63) is 78.7 Å². The van der Waals surface area contributed by atoms with Crippen molar-refractivity contribution in [3.63, 3.8) is 0 Å². The minimum absolute atomic E-state index is 0.0636. The van der Waals surface area contributed by atoms with E-state index in [0.29, 0.717) is 46.2 Å². The molecule has 1 fully saturated rings. The summed E-state index contributed by atoms with van der Waals surface area (Å²) in [4.78, 5) is 29.4. The lowest BCUT2D eigenvalue weighted by Crippen LogP contribution is -2.42. The van der Waals surface area contributed by atoms with Gasteiger partial charge in [-0.1, -0.05) is 23.7 Å². The normalized spacial score (nSPS) is 15.3. The third-order valence-corrected chi connectivity index (χ3v) is 7.25. The van der Waals surface area contributed by atoms with E-state index in [-0.39, 0.29) is 11.1 Å². The maximum absolute atomic E-state index is 13.5. The number of thioether (sulfide) groups is 1. The van der Waals surface area contributed by atoms with Crippen molar-refractivity contribution in [1.29, 1.82) is 5.26 Å². The number of nitriles is 1. The third kappa shape index (κ3) is 5.07. The molecule has 0 saturated carbocycles. The molecule has 1 saturated heterocycles. The van der Waals surface area contributed by atoms with Crippen molar-refractivity contribution >= 4 is 52.3 Å². The summed E-state index contributed by atoms with van der Waals surface area (Å²) < 4.78 is 7.47. The van der Waals surface area contributed by atoms with Crippen molar-refractivity contribution in [2.24, 2.45) is 0 Å². The maximum Gasteiger partial charge on any atom is 0.273 e. The van der Waals surface area contributed by atoms with Crippen molar-refractivity contribution in [1.82, 2.24) is 9.47 Å². The van der Waals surface area contributed by atoms with Crippen LogP contribution in [-0.4, -0.2) is 47.9 Å². The Balaban J connectivity index is 1.95. The molecule has 33 heavy (non-hydrogen) atoms. The Morgan fingerprint density at radius 1 is 1.15 bits per heavy atom. The Hall–Kier alpha value is -2.83. The van der Waals surface area contributed by atoms with Crippen LogP contribution in [0.25, 0.3) is 17.3 Å². The molecule has 168 valence electrons. The van der Waals surface area contributed by atoms with Crippen molar-refractivity contribution in [2.45, 2.75) is 4.90 Å². The zero-order valence-corrected chi connectivity index (χ0v) is 20.2. The monoisotopic (exact) mass is 497 g/mol. The van der Waals surface area contributed by atoms with Gasteiger partial charge in [0.15, 0.2) is 5.57 Å². The highest BCUT2D eigenvalue weighted by atomic mass is 35.5. The van der Waals surface area contributed by atoms with Gasteiger partial charge in [-0.2, -0.15) is 5.26 Å². The van der Waals surface area contributed by atoms with Gasteiger partial charge in [-0.3, -0.25) is 14.2 Å². The fourth-order valence-electron chi connectivity index (χ4n) is 3.44. The number of nitrogens with zero attached hydrogens (tertiary/aromatic N) is 3. The average Bonchev–Trinajstić information content (AvgIpc) is 3.16. The molecular weight excluding hydrogens is 478 g/mol. The van der Waals surface area contributed by atoms with E-state index in [1.165, 1.54) is 4.57 Å². The number of thiazole rings is 1. The molecule has 6 nitrogen and oxygen atoms in total. The fraction of sp³-hybridized carbons (Fsp3) is 0.208. The van der Waals surface area contributed by atoms with Gasteiger partial charge >= 0.3 is 0 Å². The first kappa shape index (κ1) is 23.3. The Kier molecular flexibility index (Phi) is 7.36. The van der Waals surface area contributed by atoms with E-state index in [2.05, 4.69) is 0 Å². The van der Waals surface area contributed by atoms with Gasteiger partial charge in [0.25, 0.3) is 11.5 Å². The molecule has 0 bridgehead atoms. The van der Waals surface area contributed by atoms with E-state index in [4.69, 9.17) is 16.3 Å². The molecule has 0 aliphatic carbocycles. The smallest absolute Gasteiger partial charge is 0.273 e. The zero-order valence-electron chi connectivity index (χ0n) is 17.8. The van der Waals surface area contributed by atoms with Gasteiger partial charge in [-0.25, -0.2) is 0 Å². The lowest BCUT2D eigenvalue weighted by molar-refractivity contribution is -0.128. The van der Waals surface area contributed by atoms with Crippen molar-refractivity contribution in [2.75, 3.05) is 32.6 Å². The predicted octanol–water partition coefficient (Wildman–Crippen LogP) is 2.64. The van der Waals surface area contributed by atoms with E-state index in [0.717, 1.165) is 21.8 Å². The molecule has 9 heteroatoms. The number of aromatic nitrogens is 1. The predicted molar refractivity (Wildman–Crippen MR) is 132 cm³/mol. The summed E-state index contributed by atoms with van der Waals surface area (Å²) in [5.41, 5.74) is 1.04. The minimum Gasteiger partial charge on any atom is -0.378 e. The summed E-state index contributed by atoms with van der Waals surface area (Å²) in [6, 6.07) is 16.6. The summed E-state index contributed by atoms with van der Waals surface area (Å²) in [6.45, 7) is 1.65. The number of benzene rings is 2. The van der Waals surface area contributed by atoms with Crippen molar-refractivity contribution in [3.8, 4) is 11.8 Å². The molecule has 0 radical (unpaired) electrons. The highest BCUT2D eigenvalue weighted by Crippen LogP contribution is 2.15. The number of morpholine rings is 1. The molecule has 3 aromatic rings. The number of carbonyl (C=O) groups excluding carboxylic acids is 1. The second-order valence-corrected chi connectivity index (χ2v) is 9.54. The molecule has 0 atom stereocenters. The highest BCUT2D eigenvalue weighted by Gasteiger charge is 2.24. The molecule has 2 heterocycles. The van der Waals surface area contributed by atoms with Gasteiger partial charge in [0.1, 0.15) is 10.7 Å². The van der Waals surface area contributed by atoms with E-state index in [1.807, 2.05) is 36.6 Å². The molecule has 1 aliphatic heterocycles. The largest absolute Gasteiger partial charge is 0.378 e. The van der Waals surface area contributed by atoms with Crippen LogP contribution in [0.5, 0.6) is 0 Å². The number of hydrogen-bond acceptors (Lipinski definition) is 6. The van der Waals surface area contributed by atoms with Crippen LogP contribution < -0.4 is 14.8 Å². The van der Waals surface area contributed by atoms with Crippen LogP contribution in [0.15, 0.2) is 58.2 Å².